The molecule has 9 aromatic carbocycles. The van der Waals surface area contributed by atoms with E-state index in [4.69, 9.17) is 4.42 Å². The van der Waals surface area contributed by atoms with Gasteiger partial charge in [0.05, 0.1) is 11.0 Å². The van der Waals surface area contributed by atoms with E-state index in [0.717, 1.165) is 43.1 Å². The Kier molecular flexibility index (Phi) is 4.91. The third-order valence-electron chi connectivity index (χ3n) is 9.38. The van der Waals surface area contributed by atoms with E-state index in [1.807, 2.05) is 78.9 Å². The lowest BCUT2D eigenvalue weighted by atomic mass is 9.94. The Labute approximate surface area is 301 Å². The van der Waals surface area contributed by atoms with E-state index in [1.165, 1.54) is 4.90 Å². The summed E-state index contributed by atoms with van der Waals surface area (Å²) >= 11 is 0. The summed E-state index contributed by atoms with van der Waals surface area (Å²) in [4.78, 5) is 1.37. The zero-order valence-electron chi connectivity index (χ0n) is 34.6. The first-order valence-electron chi connectivity index (χ1n) is 20.4. The molecule has 0 spiro atoms. The summed E-state index contributed by atoms with van der Waals surface area (Å²) in [5.74, 6) is 0. The van der Waals surface area contributed by atoms with Crippen LogP contribution in [0.25, 0.3) is 76.5 Å². The first-order chi connectivity index (χ1) is 28.1. The molecule has 2 heteroatoms. The summed E-state index contributed by atoms with van der Waals surface area (Å²) in [5, 5.41) is 7.44. The van der Waals surface area contributed by atoms with Crippen molar-refractivity contribution in [3.8, 4) is 22.3 Å². The van der Waals surface area contributed by atoms with E-state index in [9.17, 15) is 11.0 Å². The molecular formula is C48H31NO. The standard InChI is InChI=1S/C48H31NO/c1-2-10-32(11-3-1)33-18-23-36(24-19-33)49(38-27-28-43-41-14-5-4-12-39(41)40-13-6-7-15-42(40)45(43)31-38)37-25-20-34(21-26-37)35-22-29-48-46(30-35)44-16-8-9-17-47(44)50-48/h1-31H/i18D,19D,20D,21D,23D,24D,25D,26D. The normalized spacial score (nSPS) is 13.8. The quantitative estimate of drug-likeness (QED) is 0.173. The van der Waals surface area contributed by atoms with Gasteiger partial charge in [-0.05, 0) is 109 Å². The van der Waals surface area contributed by atoms with Crippen molar-refractivity contribution < 1.29 is 15.4 Å². The van der Waals surface area contributed by atoms with Gasteiger partial charge in [-0.15, -0.1) is 0 Å². The van der Waals surface area contributed by atoms with Crippen LogP contribution in [-0.2, 0) is 0 Å². The van der Waals surface area contributed by atoms with Gasteiger partial charge in [0.15, 0.2) is 0 Å². The van der Waals surface area contributed by atoms with Gasteiger partial charge in [0.25, 0.3) is 0 Å². The Morgan fingerprint density at radius 1 is 0.320 bits per heavy atom. The third-order valence-corrected chi connectivity index (χ3v) is 9.38. The van der Waals surface area contributed by atoms with Gasteiger partial charge in [-0.3, -0.25) is 0 Å². The van der Waals surface area contributed by atoms with Crippen LogP contribution in [-0.4, -0.2) is 0 Å². The van der Waals surface area contributed by atoms with E-state index in [0.29, 0.717) is 28.0 Å². The van der Waals surface area contributed by atoms with Crippen molar-refractivity contribution >= 4 is 71.3 Å². The van der Waals surface area contributed by atoms with Crippen molar-refractivity contribution in [3.05, 3.63) is 188 Å². The molecule has 50 heavy (non-hydrogen) atoms. The number of rotatable bonds is 5. The Hall–Kier alpha value is -6.64. The van der Waals surface area contributed by atoms with E-state index >= 15 is 0 Å². The highest BCUT2D eigenvalue weighted by Crippen LogP contribution is 2.42. The number of fused-ring (bicyclic) bond motifs is 9. The minimum atomic E-state index is -0.402. The van der Waals surface area contributed by atoms with Crippen molar-refractivity contribution in [2.75, 3.05) is 4.90 Å². The molecule has 1 aromatic heterocycles. The predicted molar refractivity (Wildman–Crippen MR) is 212 cm³/mol. The number of para-hydroxylation sites is 1. The molecular weight excluding hydrogens is 607 g/mol. The van der Waals surface area contributed by atoms with Gasteiger partial charge in [0.1, 0.15) is 11.2 Å². The summed E-state index contributed by atoms with van der Waals surface area (Å²) < 4.78 is 81.3. The molecule has 0 aliphatic carbocycles. The highest BCUT2D eigenvalue weighted by atomic mass is 16.3. The number of hydrogen-bond donors (Lipinski definition) is 0. The van der Waals surface area contributed by atoms with E-state index < -0.39 is 12.1 Å². The Morgan fingerprint density at radius 2 is 0.820 bits per heavy atom. The monoisotopic (exact) mass is 645 g/mol. The first kappa shape index (κ1) is 21.4. The van der Waals surface area contributed by atoms with Crippen molar-refractivity contribution in [2.45, 2.75) is 0 Å². The molecule has 0 bridgehead atoms. The molecule has 0 aliphatic heterocycles. The summed E-state index contributed by atoms with van der Waals surface area (Å²) in [7, 11) is 0. The fourth-order valence-electron chi connectivity index (χ4n) is 7.02. The topological polar surface area (TPSA) is 16.4 Å². The van der Waals surface area contributed by atoms with Gasteiger partial charge < -0.3 is 9.32 Å². The number of anilines is 3. The van der Waals surface area contributed by atoms with Gasteiger partial charge in [-0.2, -0.15) is 0 Å². The summed E-state index contributed by atoms with van der Waals surface area (Å²) in [6.07, 6.45) is 0. The van der Waals surface area contributed by atoms with Crippen LogP contribution in [0.1, 0.15) is 11.0 Å². The van der Waals surface area contributed by atoms with E-state index in [2.05, 4.69) is 18.2 Å². The zero-order chi connectivity index (χ0) is 40.0. The smallest absolute Gasteiger partial charge is 0.135 e. The molecule has 0 fully saturated rings. The summed E-state index contributed by atoms with van der Waals surface area (Å²) in [6.45, 7) is 0. The third kappa shape index (κ3) is 4.65. The molecule has 0 aliphatic rings. The number of furan rings is 1. The average Bonchev–Trinajstić information content (AvgIpc) is 3.63. The Morgan fingerprint density at radius 3 is 1.46 bits per heavy atom. The van der Waals surface area contributed by atoms with Crippen molar-refractivity contribution in [1.29, 1.82) is 0 Å². The van der Waals surface area contributed by atoms with Crippen LogP contribution in [0.15, 0.2) is 192 Å². The van der Waals surface area contributed by atoms with Crippen molar-refractivity contribution in [3.63, 3.8) is 0 Å². The SMILES string of the molecule is [2H]c1c([2H])c(N(c2ccc3c4ccccc4c4ccccc4c3c2)c2c([2H])c([2H])c(-c3ccc4oc5ccccc5c4c3)c([2H])c2[2H])c([2H])c([2H])c1-c1ccccc1. The maximum Gasteiger partial charge on any atom is 0.135 e. The molecule has 0 amide bonds. The highest BCUT2D eigenvalue weighted by Gasteiger charge is 2.17. The average molecular weight is 646 g/mol. The molecule has 0 saturated carbocycles. The second-order valence-electron chi connectivity index (χ2n) is 12.3. The molecule has 1 heterocycles. The fourth-order valence-corrected chi connectivity index (χ4v) is 7.02. The predicted octanol–water partition coefficient (Wildman–Crippen LogP) is 13.8. The van der Waals surface area contributed by atoms with Gasteiger partial charge in [0, 0.05) is 27.8 Å². The summed E-state index contributed by atoms with van der Waals surface area (Å²) in [6, 6.07) is 40.6. The van der Waals surface area contributed by atoms with Gasteiger partial charge in [-0.25, -0.2) is 0 Å². The lowest BCUT2D eigenvalue weighted by Gasteiger charge is -2.26. The summed E-state index contributed by atoms with van der Waals surface area (Å²) in [5.41, 5.74) is 2.45. The van der Waals surface area contributed by atoms with Crippen LogP contribution < -0.4 is 4.90 Å². The number of benzene rings is 9. The van der Waals surface area contributed by atoms with Gasteiger partial charge in [-0.1, -0.05) is 133 Å². The number of hydrogen-bond acceptors (Lipinski definition) is 2. The lowest BCUT2D eigenvalue weighted by Crippen LogP contribution is -2.10. The molecule has 0 radical (unpaired) electrons. The van der Waals surface area contributed by atoms with Gasteiger partial charge >= 0.3 is 0 Å². The number of nitrogens with zero attached hydrogens (tertiary/aromatic N) is 1. The van der Waals surface area contributed by atoms with Crippen LogP contribution in [0, 0.1) is 0 Å². The Balaban J connectivity index is 1.27. The van der Waals surface area contributed by atoms with Crippen LogP contribution in [0.3, 0.4) is 0 Å². The largest absolute Gasteiger partial charge is 0.456 e. The molecule has 234 valence electrons. The molecule has 10 aromatic rings. The van der Waals surface area contributed by atoms with E-state index in [-0.39, 0.29) is 58.8 Å². The highest BCUT2D eigenvalue weighted by molar-refractivity contribution is 6.25. The van der Waals surface area contributed by atoms with E-state index in [1.54, 1.807) is 42.5 Å². The molecule has 2 nitrogen and oxygen atoms in total. The molecule has 0 atom stereocenters. The molecule has 0 saturated heterocycles. The Bertz CT molecular complexity index is 3250. The second-order valence-corrected chi connectivity index (χ2v) is 12.3. The fraction of sp³-hybridized carbons (Fsp3) is 0. The first-order valence-corrected chi connectivity index (χ1v) is 16.4. The zero-order valence-corrected chi connectivity index (χ0v) is 26.6. The molecule has 0 unspecified atom stereocenters. The van der Waals surface area contributed by atoms with Crippen LogP contribution in [0.5, 0.6) is 0 Å². The van der Waals surface area contributed by atoms with Crippen molar-refractivity contribution in [1.82, 2.24) is 0 Å². The minimum Gasteiger partial charge on any atom is -0.456 e. The van der Waals surface area contributed by atoms with Gasteiger partial charge in [0.2, 0.25) is 0 Å². The maximum absolute atomic E-state index is 9.58. The van der Waals surface area contributed by atoms with Crippen molar-refractivity contribution in [2.24, 2.45) is 0 Å². The minimum absolute atomic E-state index is 0.0841. The molecule has 0 N–H and O–H groups in total. The second kappa shape index (κ2) is 11.5. The van der Waals surface area contributed by atoms with Crippen LogP contribution in [0.4, 0.5) is 17.1 Å². The lowest BCUT2D eigenvalue weighted by molar-refractivity contribution is 0.669. The van der Waals surface area contributed by atoms with Crippen LogP contribution >= 0.6 is 0 Å². The maximum atomic E-state index is 9.58. The molecule has 10 rings (SSSR count). The van der Waals surface area contributed by atoms with Crippen LogP contribution in [0.2, 0.25) is 0 Å².